The van der Waals surface area contributed by atoms with Gasteiger partial charge in [0.25, 0.3) is 0 Å². The molecule has 0 aromatic heterocycles. The normalized spacial score (nSPS) is 10.4. The van der Waals surface area contributed by atoms with Crippen molar-refractivity contribution in [2.75, 3.05) is 18.9 Å². The summed E-state index contributed by atoms with van der Waals surface area (Å²) in [6, 6.07) is 3.47. The van der Waals surface area contributed by atoms with E-state index in [0.29, 0.717) is 17.9 Å². The molecule has 5 heteroatoms. The quantitative estimate of drug-likeness (QED) is 0.481. The highest BCUT2D eigenvalue weighted by atomic mass is 79.9. The highest BCUT2D eigenvalue weighted by Crippen LogP contribution is 2.23. The molecule has 0 aliphatic rings. The molecule has 0 saturated carbocycles. The first kappa shape index (κ1) is 15.0. The molecule has 0 bridgehead atoms. The third-order valence-electron chi connectivity index (χ3n) is 2.67. The lowest BCUT2D eigenvalue weighted by Gasteiger charge is -2.09. The first-order valence-corrected chi connectivity index (χ1v) is 6.69. The lowest BCUT2D eigenvalue weighted by Crippen LogP contribution is -2.09. The Labute approximate surface area is 115 Å². The van der Waals surface area contributed by atoms with Gasteiger partial charge in [-0.1, -0.05) is 15.9 Å². The number of hydrogen-bond acceptors (Lipinski definition) is 4. The number of halogens is 1. The van der Waals surface area contributed by atoms with Gasteiger partial charge in [-0.05, 0) is 43.9 Å². The van der Waals surface area contributed by atoms with Gasteiger partial charge in [-0.25, -0.2) is 4.79 Å². The van der Waals surface area contributed by atoms with Crippen LogP contribution >= 0.6 is 15.9 Å². The van der Waals surface area contributed by atoms with Crippen LogP contribution in [0.2, 0.25) is 0 Å². The SMILES string of the molecule is Cc1c(N)cc(Br)cc1C(=O)OCCCCCO. The molecule has 0 amide bonds. The van der Waals surface area contributed by atoms with Gasteiger partial charge in [0.1, 0.15) is 0 Å². The zero-order valence-electron chi connectivity index (χ0n) is 10.4. The topological polar surface area (TPSA) is 72.6 Å². The first-order valence-electron chi connectivity index (χ1n) is 5.90. The zero-order chi connectivity index (χ0) is 13.5. The number of carbonyl (C=O) groups is 1. The maximum absolute atomic E-state index is 11.9. The molecule has 3 N–H and O–H groups in total. The first-order chi connectivity index (χ1) is 8.56. The number of ether oxygens (including phenoxy) is 1. The lowest BCUT2D eigenvalue weighted by atomic mass is 10.1. The highest BCUT2D eigenvalue weighted by Gasteiger charge is 2.13. The summed E-state index contributed by atoms with van der Waals surface area (Å²) in [5, 5.41) is 8.62. The molecule has 4 nitrogen and oxygen atoms in total. The molecule has 0 fully saturated rings. The molecule has 0 saturated heterocycles. The minimum Gasteiger partial charge on any atom is -0.462 e. The van der Waals surface area contributed by atoms with Crippen LogP contribution in [0.3, 0.4) is 0 Å². The number of nitrogens with two attached hydrogens (primary N) is 1. The van der Waals surface area contributed by atoms with Crippen molar-refractivity contribution in [1.29, 1.82) is 0 Å². The van der Waals surface area contributed by atoms with Gasteiger partial charge in [0, 0.05) is 16.8 Å². The maximum atomic E-state index is 11.9. The van der Waals surface area contributed by atoms with Crippen molar-refractivity contribution >= 4 is 27.6 Å². The largest absolute Gasteiger partial charge is 0.462 e. The maximum Gasteiger partial charge on any atom is 0.338 e. The standard InChI is InChI=1S/C13H18BrNO3/c1-9-11(7-10(14)8-12(9)15)13(17)18-6-4-2-3-5-16/h7-8,16H,2-6,15H2,1H3. The van der Waals surface area contributed by atoms with Crippen LogP contribution in [0, 0.1) is 6.92 Å². The predicted molar refractivity (Wildman–Crippen MR) is 74.5 cm³/mol. The number of aliphatic hydroxyl groups excluding tert-OH is 1. The highest BCUT2D eigenvalue weighted by molar-refractivity contribution is 9.10. The van der Waals surface area contributed by atoms with Crippen molar-refractivity contribution in [3.05, 3.63) is 27.7 Å². The fraction of sp³-hybridized carbons (Fsp3) is 0.462. The molecular weight excluding hydrogens is 298 g/mol. The third kappa shape index (κ3) is 4.31. The molecule has 18 heavy (non-hydrogen) atoms. The molecule has 100 valence electrons. The number of aliphatic hydroxyl groups is 1. The van der Waals surface area contributed by atoms with Crippen molar-refractivity contribution in [1.82, 2.24) is 0 Å². The molecule has 0 heterocycles. The Morgan fingerprint density at radius 3 is 2.78 bits per heavy atom. The van der Waals surface area contributed by atoms with E-state index < -0.39 is 0 Å². The van der Waals surface area contributed by atoms with Gasteiger partial charge < -0.3 is 15.6 Å². The second kappa shape index (κ2) is 7.38. The Kier molecular flexibility index (Phi) is 6.15. The molecule has 0 atom stereocenters. The molecule has 1 aromatic rings. The Morgan fingerprint density at radius 1 is 1.39 bits per heavy atom. The van der Waals surface area contributed by atoms with Crippen LogP contribution < -0.4 is 5.73 Å². The summed E-state index contributed by atoms with van der Waals surface area (Å²) in [7, 11) is 0. The van der Waals surface area contributed by atoms with Crippen molar-refractivity contribution < 1.29 is 14.6 Å². The van der Waals surface area contributed by atoms with Crippen molar-refractivity contribution in [2.45, 2.75) is 26.2 Å². The van der Waals surface area contributed by atoms with Crippen LogP contribution in [0.1, 0.15) is 35.2 Å². The molecule has 0 unspecified atom stereocenters. The molecular formula is C13H18BrNO3. The number of hydrogen-bond donors (Lipinski definition) is 2. The van der Waals surface area contributed by atoms with E-state index in [-0.39, 0.29) is 12.6 Å². The van der Waals surface area contributed by atoms with Gasteiger partial charge in [-0.2, -0.15) is 0 Å². The third-order valence-corrected chi connectivity index (χ3v) is 3.13. The molecule has 0 radical (unpaired) electrons. The molecule has 0 spiro atoms. The van der Waals surface area contributed by atoms with Crippen LogP contribution in [0.4, 0.5) is 5.69 Å². The Bertz CT molecular complexity index is 421. The summed E-state index contributed by atoms with van der Waals surface area (Å²) in [6.07, 6.45) is 2.35. The molecule has 0 aliphatic heterocycles. The summed E-state index contributed by atoms with van der Waals surface area (Å²) in [5.74, 6) is -0.357. The summed E-state index contributed by atoms with van der Waals surface area (Å²) in [6.45, 7) is 2.34. The van der Waals surface area contributed by atoms with E-state index in [2.05, 4.69) is 15.9 Å². The molecule has 1 rings (SSSR count). The van der Waals surface area contributed by atoms with Gasteiger partial charge in [0.05, 0.1) is 12.2 Å². The number of nitrogen functional groups attached to an aromatic ring is 1. The van der Waals surface area contributed by atoms with E-state index in [9.17, 15) is 4.79 Å². The summed E-state index contributed by atoms with van der Waals surface area (Å²) in [5.41, 5.74) is 7.58. The van der Waals surface area contributed by atoms with Crippen molar-refractivity contribution in [3.8, 4) is 0 Å². The summed E-state index contributed by atoms with van der Waals surface area (Å²) >= 11 is 3.30. The van der Waals surface area contributed by atoms with Crippen LogP contribution in [-0.2, 0) is 4.74 Å². The number of anilines is 1. The van der Waals surface area contributed by atoms with E-state index in [1.807, 2.05) is 0 Å². The van der Waals surface area contributed by atoms with Crippen molar-refractivity contribution in [3.63, 3.8) is 0 Å². The van der Waals surface area contributed by atoms with Gasteiger partial charge >= 0.3 is 5.97 Å². The number of rotatable bonds is 6. The van der Waals surface area contributed by atoms with Crippen LogP contribution in [0.5, 0.6) is 0 Å². The minimum absolute atomic E-state index is 0.176. The smallest absolute Gasteiger partial charge is 0.338 e. The van der Waals surface area contributed by atoms with E-state index in [4.69, 9.17) is 15.6 Å². The Morgan fingerprint density at radius 2 is 2.11 bits per heavy atom. The fourth-order valence-electron chi connectivity index (χ4n) is 1.55. The second-order valence-corrected chi connectivity index (χ2v) is 5.00. The number of esters is 1. The summed E-state index contributed by atoms with van der Waals surface area (Å²) in [4.78, 5) is 11.9. The van der Waals surface area contributed by atoms with Crippen LogP contribution in [0.15, 0.2) is 16.6 Å². The van der Waals surface area contributed by atoms with Gasteiger partial charge in [0.15, 0.2) is 0 Å². The van der Waals surface area contributed by atoms with E-state index in [0.717, 1.165) is 29.3 Å². The van der Waals surface area contributed by atoms with Crippen LogP contribution in [-0.4, -0.2) is 24.3 Å². The zero-order valence-corrected chi connectivity index (χ0v) is 12.0. The number of unbranched alkanes of at least 4 members (excludes halogenated alkanes) is 2. The number of benzene rings is 1. The van der Waals surface area contributed by atoms with Gasteiger partial charge in [0.2, 0.25) is 0 Å². The monoisotopic (exact) mass is 315 g/mol. The Balaban J connectivity index is 2.56. The Hall–Kier alpha value is -1.07. The van der Waals surface area contributed by atoms with Crippen LogP contribution in [0.25, 0.3) is 0 Å². The average Bonchev–Trinajstić information content (AvgIpc) is 2.33. The average molecular weight is 316 g/mol. The van der Waals surface area contributed by atoms with Gasteiger partial charge in [-0.15, -0.1) is 0 Å². The molecule has 0 aliphatic carbocycles. The second-order valence-electron chi connectivity index (χ2n) is 4.09. The fourth-order valence-corrected chi connectivity index (χ4v) is 2.02. The van der Waals surface area contributed by atoms with E-state index >= 15 is 0 Å². The van der Waals surface area contributed by atoms with Crippen molar-refractivity contribution in [2.24, 2.45) is 0 Å². The summed E-state index contributed by atoms with van der Waals surface area (Å²) < 4.78 is 5.93. The number of carbonyl (C=O) groups excluding carboxylic acids is 1. The van der Waals surface area contributed by atoms with E-state index in [1.54, 1.807) is 19.1 Å². The van der Waals surface area contributed by atoms with E-state index in [1.165, 1.54) is 0 Å². The minimum atomic E-state index is -0.357. The lowest BCUT2D eigenvalue weighted by molar-refractivity contribution is 0.0496. The van der Waals surface area contributed by atoms with Gasteiger partial charge in [-0.3, -0.25) is 0 Å². The predicted octanol–water partition coefficient (Wildman–Crippen LogP) is 2.66. The molecule has 1 aromatic carbocycles.